The molecule has 1 atom stereocenters. The van der Waals surface area contributed by atoms with Gasteiger partial charge >= 0.3 is 0 Å². The Hall–Kier alpha value is -1.29. The van der Waals surface area contributed by atoms with Crippen LogP contribution in [0.2, 0.25) is 0 Å². The minimum Gasteiger partial charge on any atom is -0.298 e. The largest absolute Gasteiger partial charge is 0.298 e. The Bertz CT molecular complexity index is 604. The first-order chi connectivity index (χ1) is 8.88. The second kappa shape index (κ2) is 5.37. The molecule has 0 saturated heterocycles. The average molecular weight is 321 g/mol. The quantitative estimate of drug-likeness (QED) is 0.812. The smallest absolute Gasteiger partial charge is 0.152 e. The molecule has 0 N–H and O–H groups in total. The number of alkyl halides is 1. The molecule has 1 heterocycles. The van der Waals surface area contributed by atoms with Gasteiger partial charge in [0.1, 0.15) is 0 Å². The summed E-state index contributed by atoms with van der Waals surface area (Å²) in [6.45, 7) is 5.82. The Labute approximate surface area is 121 Å². The maximum Gasteiger partial charge on any atom is 0.152 e. The molecule has 1 aromatic carbocycles. The van der Waals surface area contributed by atoms with Crippen LogP contribution in [0, 0.1) is 5.41 Å². The van der Waals surface area contributed by atoms with Crippen LogP contribution in [-0.2, 0) is 11.2 Å². The van der Waals surface area contributed by atoms with E-state index in [-0.39, 0.29) is 16.0 Å². The standard InChI is InChI=1S/C15H17BrN2O/c1-15(2,3)14(19)11(16)8-10-4-5-12-13(9-10)18-7-6-17-12/h4-7,9,11H,8H2,1-3H3. The number of rotatable bonds is 3. The third kappa shape index (κ3) is 3.38. The number of nitrogens with zero attached hydrogens (tertiary/aromatic N) is 2. The molecule has 0 spiro atoms. The van der Waals surface area contributed by atoms with Crippen LogP contribution < -0.4 is 0 Å². The Morgan fingerprint density at radius 2 is 1.84 bits per heavy atom. The van der Waals surface area contributed by atoms with Crippen LogP contribution in [0.3, 0.4) is 0 Å². The van der Waals surface area contributed by atoms with E-state index in [2.05, 4.69) is 25.9 Å². The monoisotopic (exact) mass is 320 g/mol. The summed E-state index contributed by atoms with van der Waals surface area (Å²) in [6.07, 6.45) is 4.03. The van der Waals surface area contributed by atoms with Gasteiger partial charge in [-0.1, -0.05) is 42.8 Å². The molecule has 0 saturated carbocycles. The fourth-order valence-corrected chi connectivity index (χ4v) is 2.97. The maximum atomic E-state index is 12.2. The molecule has 0 fully saturated rings. The van der Waals surface area contributed by atoms with E-state index in [0.717, 1.165) is 16.6 Å². The van der Waals surface area contributed by atoms with Gasteiger partial charge in [-0.25, -0.2) is 0 Å². The van der Waals surface area contributed by atoms with Crippen LogP contribution in [-0.4, -0.2) is 20.6 Å². The normalized spacial score (nSPS) is 13.5. The van der Waals surface area contributed by atoms with E-state index in [9.17, 15) is 4.79 Å². The predicted octanol–water partition coefficient (Wildman–Crippen LogP) is 3.55. The molecule has 100 valence electrons. The molecule has 0 amide bonds. The van der Waals surface area contributed by atoms with Gasteiger partial charge in [0.05, 0.1) is 15.9 Å². The van der Waals surface area contributed by atoms with E-state index in [0.29, 0.717) is 6.42 Å². The average Bonchev–Trinajstić information content (AvgIpc) is 2.36. The number of benzene rings is 1. The van der Waals surface area contributed by atoms with Crippen LogP contribution in [0.15, 0.2) is 30.6 Å². The summed E-state index contributed by atoms with van der Waals surface area (Å²) >= 11 is 3.49. The lowest BCUT2D eigenvalue weighted by Gasteiger charge is -2.20. The van der Waals surface area contributed by atoms with E-state index >= 15 is 0 Å². The third-order valence-corrected chi connectivity index (χ3v) is 3.71. The van der Waals surface area contributed by atoms with Crippen molar-refractivity contribution in [1.82, 2.24) is 9.97 Å². The van der Waals surface area contributed by atoms with Gasteiger partial charge in [-0.05, 0) is 24.1 Å². The van der Waals surface area contributed by atoms with Crippen LogP contribution in [0.5, 0.6) is 0 Å². The zero-order valence-corrected chi connectivity index (χ0v) is 12.9. The highest BCUT2D eigenvalue weighted by Gasteiger charge is 2.27. The van der Waals surface area contributed by atoms with Gasteiger partial charge in [-0.3, -0.25) is 14.8 Å². The van der Waals surface area contributed by atoms with E-state index in [4.69, 9.17) is 0 Å². The summed E-state index contributed by atoms with van der Waals surface area (Å²) in [7, 11) is 0. The van der Waals surface area contributed by atoms with Crippen molar-refractivity contribution < 1.29 is 4.79 Å². The number of ketones is 1. The molecular weight excluding hydrogens is 304 g/mol. The van der Waals surface area contributed by atoms with Crippen molar-refractivity contribution in [3.05, 3.63) is 36.2 Å². The van der Waals surface area contributed by atoms with Crippen molar-refractivity contribution in [3.8, 4) is 0 Å². The van der Waals surface area contributed by atoms with E-state index in [1.54, 1.807) is 12.4 Å². The molecule has 0 radical (unpaired) electrons. The number of Topliss-reactive ketones (excluding diaryl/α,β-unsaturated/α-hetero) is 1. The molecule has 1 unspecified atom stereocenters. The SMILES string of the molecule is CC(C)(C)C(=O)C(Br)Cc1ccc2nccnc2c1. The van der Waals surface area contributed by atoms with Crippen molar-refractivity contribution in [1.29, 1.82) is 0 Å². The fraction of sp³-hybridized carbons (Fsp3) is 0.400. The lowest BCUT2D eigenvalue weighted by Crippen LogP contribution is -2.30. The van der Waals surface area contributed by atoms with Gasteiger partial charge in [-0.15, -0.1) is 0 Å². The highest BCUT2D eigenvalue weighted by Crippen LogP contribution is 2.24. The molecule has 2 rings (SSSR count). The van der Waals surface area contributed by atoms with Gasteiger partial charge < -0.3 is 0 Å². The van der Waals surface area contributed by atoms with Crippen molar-refractivity contribution in [3.63, 3.8) is 0 Å². The molecule has 1 aromatic heterocycles. The first-order valence-corrected chi connectivity index (χ1v) is 7.17. The molecular formula is C15H17BrN2O. The van der Waals surface area contributed by atoms with Gasteiger partial charge in [0.2, 0.25) is 0 Å². The van der Waals surface area contributed by atoms with E-state index in [1.165, 1.54) is 0 Å². The van der Waals surface area contributed by atoms with Gasteiger partial charge in [0, 0.05) is 17.8 Å². The fourth-order valence-electron chi connectivity index (χ4n) is 1.91. The van der Waals surface area contributed by atoms with Crippen LogP contribution >= 0.6 is 15.9 Å². The first-order valence-electron chi connectivity index (χ1n) is 6.26. The van der Waals surface area contributed by atoms with Gasteiger partial charge in [-0.2, -0.15) is 0 Å². The number of aromatic nitrogens is 2. The van der Waals surface area contributed by atoms with Crippen LogP contribution in [0.1, 0.15) is 26.3 Å². The van der Waals surface area contributed by atoms with Crippen molar-refractivity contribution in [2.75, 3.05) is 0 Å². The van der Waals surface area contributed by atoms with Crippen molar-refractivity contribution in [2.45, 2.75) is 32.0 Å². The van der Waals surface area contributed by atoms with Crippen LogP contribution in [0.4, 0.5) is 0 Å². The summed E-state index contributed by atoms with van der Waals surface area (Å²) in [4.78, 5) is 20.5. The number of carbonyl (C=O) groups is 1. The highest BCUT2D eigenvalue weighted by molar-refractivity contribution is 9.10. The number of fused-ring (bicyclic) bond motifs is 1. The summed E-state index contributed by atoms with van der Waals surface area (Å²) in [6, 6.07) is 5.94. The predicted molar refractivity (Wildman–Crippen MR) is 80.4 cm³/mol. The second-order valence-electron chi connectivity index (χ2n) is 5.67. The number of hydrogen-bond donors (Lipinski definition) is 0. The molecule has 4 heteroatoms. The molecule has 0 aliphatic heterocycles. The second-order valence-corrected chi connectivity index (χ2v) is 6.77. The molecule has 0 bridgehead atoms. The molecule has 0 aliphatic rings. The highest BCUT2D eigenvalue weighted by atomic mass is 79.9. The van der Waals surface area contributed by atoms with E-state index in [1.807, 2.05) is 39.0 Å². The number of hydrogen-bond acceptors (Lipinski definition) is 3. The lowest BCUT2D eigenvalue weighted by molar-refractivity contribution is -0.125. The Balaban J connectivity index is 2.19. The first kappa shape index (κ1) is 14.1. The molecule has 0 aliphatic carbocycles. The minimum atomic E-state index is -0.329. The zero-order chi connectivity index (χ0) is 14.0. The minimum absolute atomic E-state index is 0.165. The summed E-state index contributed by atoms with van der Waals surface area (Å²) < 4.78 is 0. The molecule has 3 nitrogen and oxygen atoms in total. The molecule has 2 aromatic rings. The van der Waals surface area contributed by atoms with E-state index < -0.39 is 0 Å². The summed E-state index contributed by atoms with van der Waals surface area (Å²) in [5.41, 5.74) is 2.50. The third-order valence-electron chi connectivity index (χ3n) is 2.97. The summed E-state index contributed by atoms with van der Waals surface area (Å²) in [5, 5.41) is 0. The topological polar surface area (TPSA) is 42.9 Å². The van der Waals surface area contributed by atoms with Crippen molar-refractivity contribution in [2.24, 2.45) is 5.41 Å². The number of halogens is 1. The Morgan fingerprint density at radius 1 is 1.21 bits per heavy atom. The van der Waals surface area contributed by atoms with Gasteiger partial charge in [0.15, 0.2) is 5.78 Å². The van der Waals surface area contributed by atoms with Crippen LogP contribution in [0.25, 0.3) is 11.0 Å². The lowest BCUT2D eigenvalue weighted by atomic mass is 9.87. The summed E-state index contributed by atoms with van der Waals surface area (Å²) in [5.74, 6) is 0.215. The van der Waals surface area contributed by atoms with Gasteiger partial charge in [0.25, 0.3) is 0 Å². The zero-order valence-electron chi connectivity index (χ0n) is 11.4. The molecule has 19 heavy (non-hydrogen) atoms. The Morgan fingerprint density at radius 3 is 2.47 bits per heavy atom. The van der Waals surface area contributed by atoms with Crippen molar-refractivity contribution >= 4 is 32.7 Å². The maximum absolute atomic E-state index is 12.2. The Kier molecular flexibility index (Phi) is 3.99. The number of carbonyl (C=O) groups excluding carboxylic acids is 1.